The smallest absolute Gasteiger partial charge is 0.323 e. The van der Waals surface area contributed by atoms with Crippen LogP contribution in [-0.4, -0.2) is 26.2 Å². The molecule has 4 heteroatoms. The Kier molecular flexibility index (Phi) is 4.89. The van der Waals surface area contributed by atoms with E-state index in [2.05, 4.69) is 19.9 Å². The summed E-state index contributed by atoms with van der Waals surface area (Å²) in [6.07, 6.45) is 4.03. The number of esters is 2. The number of unbranched alkanes of at least 4 members (excludes halogenated alkanes) is 1. The molecule has 0 saturated heterocycles. The van der Waals surface area contributed by atoms with Crippen LogP contribution in [0.5, 0.6) is 0 Å². The molecule has 0 fully saturated rings. The van der Waals surface area contributed by atoms with Gasteiger partial charge in [-0.15, -0.1) is 0 Å². The van der Waals surface area contributed by atoms with Gasteiger partial charge in [0.1, 0.15) is 0 Å². The summed E-state index contributed by atoms with van der Waals surface area (Å²) in [5.74, 6) is -1.02. The number of hydrogen-bond donors (Lipinski definition) is 0. The monoisotopic (exact) mass is 304 g/mol. The zero-order valence-corrected chi connectivity index (χ0v) is 13.8. The Bertz CT molecular complexity index is 573. The van der Waals surface area contributed by atoms with E-state index in [4.69, 9.17) is 9.47 Å². The third-order valence-electron chi connectivity index (χ3n) is 4.73. The Hall–Kier alpha value is -1.84. The predicted octanol–water partition coefficient (Wildman–Crippen LogP) is 2.77. The van der Waals surface area contributed by atoms with Crippen molar-refractivity contribution in [2.24, 2.45) is 5.41 Å². The Morgan fingerprint density at radius 3 is 2.32 bits per heavy atom. The summed E-state index contributed by atoms with van der Waals surface area (Å²) in [4.78, 5) is 24.5. The topological polar surface area (TPSA) is 52.6 Å². The number of carbonyl (C=O) groups excluding carboxylic acids is 2. The van der Waals surface area contributed by atoms with Crippen molar-refractivity contribution in [2.75, 3.05) is 14.2 Å². The van der Waals surface area contributed by atoms with E-state index >= 15 is 0 Å². The van der Waals surface area contributed by atoms with E-state index in [0.29, 0.717) is 12.8 Å². The zero-order valence-electron chi connectivity index (χ0n) is 13.8. The number of benzene rings is 1. The first-order chi connectivity index (χ1) is 10.5. The molecule has 22 heavy (non-hydrogen) atoms. The van der Waals surface area contributed by atoms with Crippen LogP contribution in [0.2, 0.25) is 0 Å². The van der Waals surface area contributed by atoms with E-state index in [1.807, 2.05) is 6.07 Å². The number of rotatable bonds is 5. The van der Waals surface area contributed by atoms with E-state index in [9.17, 15) is 9.59 Å². The van der Waals surface area contributed by atoms with Gasteiger partial charge in [0.15, 0.2) is 5.41 Å². The molecule has 0 N–H and O–H groups in total. The summed E-state index contributed by atoms with van der Waals surface area (Å²) in [5, 5.41) is 0. The lowest BCUT2D eigenvalue weighted by Crippen LogP contribution is -2.42. The first kappa shape index (κ1) is 16.5. The minimum atomic E-state index is -1.22. The minimum absolute atomic E-state index is 0.358. The van der Waals surface area contributed by atoms with Gasteiger partial charge in [-0.3, -0.25) is 9.59 Å². The molecule has 0 saturated carbocycles. The molecule has 0 atom stereocenters. The maximum atomic E-state index is 12.3. The normalized spacial score (nSPS) is 15.3. The molecule has 0 bridgehead atoms. The van der Waals surface area contributed by atoms with Crippen molar-refractivity contribution in [3.63, 3.8) is 0 Å². The lowest BCUT2D eigenvalue weighted by molar-refractivity contribution is -0.168. The van der Waals surface area contributed by atoms with Crippen LogP contribution in [0.4, 0.5) is 0 Å². The highest BCUT2D eigenvalue weighted by Gasteiger charge is 2.52. The van der Waals surface area contributed by atoms with Crippen molar-refractivity contribution in [1.29, 1.82) is 0 Å². The summed E-state index contributed by atoms with van der Waals surface area (Å²) >= 11 is 0. The Labute approximate surface area is 131 Å². The molecule has 1 aliphatic rings. The highest BCUT2D eigenvalue weighted by atomic mass is 16.5. The SMILES string of the molecule is CCCCc1ccc2c(c1C)CC(C(=O)OC)(C(=O)OC)C2. The number of fused-ring (bicyclic) bond motifs is 1. The maximum Gasteiger partial charge on any atom is 0.323 e. The number of hydrogen-bond acceptors (Lipinski definition) is 4. The van der Waals surface area contributed by atoms with Crippen LogP contribution in [0.25, 0.3) is 0 Å². The molecule has 0 aromatic heterocycles. The lowest BCUT2D eigenvalue weighted by Gasteiger charge is -2.22. The van der Waals surface area contributed by atoms with E-state index in [0.717, 1.165) is 30.4 Å². The Balaban J connectivity index is 2.40. The van der Waals surface area contributed by atoms with E-state index in [1.165, 1.54) is 25.3 Å². The average molecular weight is 304 g/mol. The van der Waals surface area contributed by atoms with Crippen molar-refractivity contribution in [2.45, 2.75) is 46.0 Å². The molecule has 0 radical (unpaired) electrons. The number of aryl methyl sites for hydroxylation is 1. The van der Waals surface area contributed by atoms with Gasteiger partial charge in [0.2, 0.25) is 0 Å². The fourth-order valence-electron chi connectivity index (χ4n) is 3.36. The van der Waals surface area contributed by atoms with Gasteiger partial charge in [-0.2, -0.15) is 0 Å². The van der Waals surface area contributed by atoms with E-state index in [-0.39, 0.29) is 0 Å². The summed E-state index contributed by atoms with van der Waals surface area (Å²) in [6, 6.07) is 4.16. The van der Waals surface area contributed by atoms with Crippen molar-refractivity contribution < 1.29 is 19.1 Å². The fraction of sp³-hybridized carbons (Fsp3) is 0.556. The van der Waals surface area contributed by atoms with Gasteiger partial charge < -0.3 is 9.47 Å². The van der Waals surface area contributed by atoms with Gasteiger partial charge in [0, 0.05) is 6.42 Å². The molecular weight excluding hydrogens is 280 g/mol. The van der Waals surface area contributed by atoms with Crippen LogP contribution in [0, 0.1) is 12.3 Å². The van der Waals surface area contributed by atoms with Crippen LogP contribution in [-0.2, 0) is 38.3 Å². The first-order valence-corrected chi connectivity index (χ1v) is 7.77. The number of ether oxygens (including phenoxy) is 2. The van der Waals surface area contributed by atoms with Gasteiger partial charge in [-0.05, 0) is 48.4 Å². The average Bonchev–Trinajstić information content (AvgIpc) is 2.94. The van der Waals surface area contributed by atoms with Gasteiger partial charge in [-0.1, -0.05) is 25.5 Å². The predicted molar refractivity (Wildman–Crippen MR) is 83.7 cm³/mol. The molecule has 1 aromatic rings. The quantitative estimate of drug-likeness (QED) is 0.620. The summed E-state index contributed by atoms with van der Waals surface area (Å²) < 4.78 is 9.77. The Morgan fingerprint density at radius 1 is 1.14 bits per heavy atom. The highest BCUT2D eigenvalue weighted by molar-refractivity contribution is 6.01. The van der Waals surface area contributed by atoms with E-state index in [1.54, 1.807) is 0 Å². The lowest BCUT2D eigenvalue weighted by atomic mass is 9.84. The molecule has 4 nitrogen and oxygen atoms in total. The molecule has 0 heterocycles. The van der Waals surface area contributed by atoms with Crippen LogP contribution in [0.1, 0.15) is 42.0 Å². The van der Waals surface area contributed by atoms with Crippen LogP contribution in [0.15, 0.2) is 12.1 Å². The molecule has 2 rings (SSSR count). The van der Waals surface area contributed by atoms with Crippen LogP contribution in [0.3, 0.4) is 0 Å². The summed E-state index contributed by atoms with van der Waals surface area (Å²) in [6.45, 7) is 4.25. The van der Waals surface area contributed by atoms with Crippen LogP contribution < -0.4 is 0 Å². The second-order valence-corrected chi connectivity index (χ2v) is 6.01. The molecular formula is C18H24O4. The van der Waals surface area contributed by atoms with Gasteiger partial charge in [-0.25, -0.2) is 0 Å². The van der Waals surface area contributed by atoms with Gasteiger partial charge >= 0.3 is 11.9 Å². The molecule has 0 spiro atoms. The second kappa shape index (κ2) is 6.51. The van der Waals surface area contributed by atoms with Gasteiger partial charge in [0.25, 0.3) is 0 Å². The molecule has 1 aliphatic carbocycles. The zero-order chi connectivity index (χ0) is 16.3. The highest BCUT2D eigenvalue weighted by Crippen LogP contribution is 2.41. The minimum Gasteiger partial charge on any atom is -0.468 e. The van der Waals surface area contributed by atoms with Crippen molar-refractivity contribution >= 4 is 11.9 Å². The second-order valence-electron chi connectivity index (χ2n) is 6.01. The van der Waals surface area contributed by atoms with Crippen LogP contribution >= 0.6 is 0 Å². The molecule has 1 aromatic carbocycles. The first-order valence-electron chi connectivity index (χ1n) is 7.77. The molecule has 0 amide bonds. The maximum absolute atomic E-state index is 12.3. The summed E-state index contributed by atoms with van der Waals surface area (Å²) in [5.41, 5.74) is 3.42. The summed E-state index contributed by atoms with van der Waals surface area (Å²) in [7, 11) is 2.63. The largest absolute Gasteiger partial charge is 0.468 e. The number of methoxy groups -OCH3 is 2. The molecule has 0 aliphatic heterocycles. The molecule has 120 valence electrons. The third-order valence-corrected chi connectivity index (χ3v) is 4.73. The fourth-order valence-corrected chi connectivity index (χ4v) is 3.36. The van der Waals surface area contributed by atoms with Crippen molar-refractivity contribution in [1.82, 2.24) is 0 Å². The Morgan fingerprint density at radius 2 is 1.77 bits per heavy atom. The standard InChI is InChI=1S/C18H24O4/c1-5-6-7-13-8-9-14-10-18(16(19)21-3,17(20)22-4)11-15(14)12(13)2/h8-9H,5-7,10-11H2,1-4H3. The number of carbonyl (C=O) groups is 2. The molecule has 0 unspecified atom stereocenters. The van der Waals surface area contributed by atoms with Crippen molar-refractivity contribution in [3.8, 4) is 0 Å². The van der Waals surface area contributed by atoms with E-state index < -0.39 is 17.4 Å². The van der Waals surface area contributed by atoms with Crippen molar-refractivity contribution in [3.05, 3.63) is 34.4 Å². The van der Waals surface area contributed by atoms with Gasteiger partial charge in [0.05, 0.1) is 14.2 Å². The third kappa shape index (κ3) is 2.62.